The Hall–Kier alpha value is -1.38. The number of nitrogen functional groups attached to an aromatic ring is 1. The summed E-state index contributed by atoms with van der Waals surface area (Å²) in [5, 5.41) is 0. The predicted octanol–water partition coefficient (Wildman–Crippen LogP) is 2.36. The maximum atomic E-state index is 5.94. The van der Waals surface area contributed by atoms with E-state index in [4.69, 9.17) is 5.73 Å². The number of hydrogen-bond acceptors (Lipinski definition) is 3. The Kier molecular flexibility index (Phi) is 2.47. The Bertz CT molecular complexity index is 382. The molecule has 0 radical (unpaired) electrons. The van der Waals surface area contributed by atoms with Gasteiger partial charge in [0.2, 0.25) is 0 Å². The van der Waals surface area contributed by atoms with Crippen molar-refractivity contribution in [2.45, 2.75) is 39.0 Å². The van der Waals surface area contributed by atoms with Crippen molar-refractivity contribution < 1.29 is 0 Å². The number of nitrogens with zero attached hydrogens (tertiary/aromatic N) is 2. The first-order valence-electron chi connectivity index (χ1n) is 5.35. The summed E-state index contributed by atoms with van der Waals surface area (Å²) in [4.78, 5) is 8.89. The molecule has 3 heteroatoms. The van der Waals surface area contributed by atoms with Crippen molar-refractivity contribution in [1.29, 1.82) is 0 Å². The molecule has 1 fully saturated rings. The van der Waals surface area contributed by atoms with Gasteiger partial charge < -0.3 is 5.73 Å². The number of hydrogen-bond donors (Lipinski definition) is 1. The van der Waals surface area contributed by atoms with Gasteiger partial charge in [-0.25, -0.2) is 9.97 Å². The van der Waals surface area contributed by atoms with Gasteiger partial charge in [0, 0.05) is 17.2 Å². The van der Waals surface area contributed by atoms with Gasteiger partial charge in [0.25, 0.3) is 0 Å². The quantitative estimate of drug-likeness (QED) is 0.767. The predicted molar refractivity (Wildman–Crippen MR) is 61.7 cm³/mol. The molecule has 1 saturated carbocycles. The highest BCUT2D eigenvalue weighted by molar-refractivity contribution is 5.44. The van der Waals surface area contributed by atoms with Gasteiger partial charge >= 0.3 is 0 Å². The average Bonchev–Trinajstić information content (AvgIpc) is 2.93. The van der Waals surface area contributed by atoms with Crippen LogP contribution in [0.2, 0.25) is 0 Å². The molecule has 0 saturated heterocycles. The molecule has 0 bridgehead atoms. The number of aryl methyl sites for hydroxylation is 1. The first-order valence-corrected chi connectivity index (χ1v) is 5.35. The van der Waals surface area contributed by atoms with Crippen LogP contribution in [0.3, 0.4) is 0 Å². The molecule has 0 amide bonds. The van der Waals surface area contributed by atoms with Gasteiger partial charge in [-0.3, -0.25) is 0 Å². The summed E-state index contributed by atoms with van der Waals surface area (Å²) < 4.78 is 0. The molecule has 15 heavy (non-hydrogen) atoms. The van der Waals surface area contributed by atoms with Gasteiger partial charge in [0.05, 0.1) is 0 Å². The summed E-state index contributed by atoms with van der Waals surface area (Å²) in [5.74, 6) is 2.12. The van der Waals surface area contributed by atoms with Crippen LogP contribution >= 0.6 is 0 Å². The zero-order valence-electron chi connectivity index (χ0n) is 9.38. The molecule has 2 rings (SSSR count). The molecule has 0 atom stereocenters. The normalized spacial score (nSPS) is 15.3. The molecule has 80 valence electrons. The molecule has 1 aromatic rings. The van der Waals surface area contributed by atoms with E-state index >= 15 is 0 Å². The van der Waals surface area contributed by atoms with E-state index in [1.807, 2.05) is 13.8 Å². The maximum absolute atomic E-state index is 5.94. The van der Waals surface area contributed by atoms with Crippen LogP contribution in [0, 0.1) is 6.92 Å². The molecule has 0 aromatic carbocycles. The third-order valence-electron chi connectivity index (χ3n) is 2.68. The summed E-state index contributed by atoms with van der Waals surface area (Å²) in [6.45, 7) is 7.89. The molecular weight excluding hydrogens is 186 g/mol. The summed E-state index contributed by atoms with van der Waals surface area (Å²) in [5.41, 5.74) is 9.08. The Balaban J connectivity index is 2.34. The fraction of sp³-hybridized carbons (Fsp3) is 0.500. The van der Waals surface area contributed by atoms with E-state index < -0.39 is 0 Å². The van der Waals surface area contributed by atoms with Crippen molar-refractivity contribution in [3.63, 3.8) is 0 Å². The summed E-state index contributed by atoms with van der Waals surface area (Å²) in [7, 11) is 0. The molecule has 1 aliphatic carbocycles. The highest BCUT2D eigenvalue weighted by Gasteiger charge is 2.27. The molecular formula is C12H17N3. The SMILES string of the molecule is C=C(C)Cc1c(C)nc(C2CC2)nc1N. The minimum Gasteiger partial charge on any atom is -0.383 e. The number of allylic oxidation sites excluding steroid dienone is 1. The van der Waals surface area contributed by atoms with Crippen molar-refractivity contribution in [3.8, 4) is 0 Å². The fourth-order valence-corrected chi connectivity index (χ4v) is 1.68. The van der Waals surface area contributed by atoms with Crippen molar-refractivity contribution in [3.05, 3.63) is 29.2 Å². The monoisotopic (exact) mass is 203 g/mol. The van der Waals surface area contributed by atoms with Gasteiger partial charge in [-0.15, -0.1) is 0 Å². The van der Waals surface area contributed by atoms with Gasteiger partial charge in [-0.1, -0.05) is 12.2 Å². The number of aromatic nitrogens is 2. The minimum absolute atomic E-state index is 0.560. The lowest BCUT2D eigenvalue weighted by Crippen LogP contribution is -2.07. The topological polar surface area (TPSA) is 51.8 Å². The van der Waals surface area contributed by atoms with Gasteiger partial charge in [-0.05, 0) is 33.1 Å². The van der Waals surface area contributed by atoms with E-state index in [2.05, 4.69) is 16.5 Å². The lowest BCUT2D eigenvalue weighted by Gasteiger charge is -2.09. The minimum atomic E-state index is 0.560. The highest BCUT2D eigenvalue weighted by Crippen LogP contribution is 2.38. The van der Waals surface area contributed by atoms with Gasteiger partial charge in [0.15, 0.2) is 0 Å². The van der Waals surface area contributed by atoms with Crippen LogP contribution in [-0.2, 0) is 6.42 Å². The lowest BCUT2D eigenvalue weighted by molar-refractivity contribution is 0.888. The summed E-state index contributed by atoms with van der Waals surface area (Å²) >= 11 is 0. The van der Waals surface area contributed by atoms with Crippen molar-refractivity contribution in [2.75, 3.05) is 5.73 Å². The van der Waals surface area contributed by atoms with Crippen LogP contribution in [0.1, 0.15) is 42.8 Å². The Morgan fingerprint density at radius 2 is 2.13 bits per heavy atom. The molecule has 0 aliphatic heterocycles. The molecule has 1 aliphatic rings. The zero-order chi connectivity index (χ0) is 11.0. The maximum Gasteiger partial charge on any atom is 0.134 e. The summed E-state index contributed by atoms with van der Waals surface area (Å²) in [6.07, 6.45) is 3.19. The van der Waals surface area contributed by atoms with Crippen LogP contribution in [0.25, 0.3) is 0 Å². The Morgan fingerprint density at radius 1 is 1.47 bits per heavy atom. The van der Waals surface area contributed by atoms with Crippen molar-refractivity contribution in [2.24, 2.45) is 0 Å². The van der Waals surface area contributed by atoms with Gasteiger partial charge in [0.1, 0.15) is 11.6 Å². The van der Waals surface area contributed by atoms with E-state index in [0.717, 1.165) is 29.1 Å². The van der Waals surface area contributed by atoms with Crippen LogP contribution in [-0.4, -0.2) is 9.97 Å². The van der Waals surface area contributed by atoms with Crippen molar-refractivity contribution in [1.82, 2.24) is 9.97 Å². The second-order valence-electron chi connectivity index (χ2n) is 4.44. The first-order chi connectivity index (χ1) is 7.08. The second kappa shape index (κ2) is 3.65. The van der Waals surface area contributed by atoms with E-state index in [0.29, 0.717) is 11.7 Å². The highest BCUT2D eigenvalue weighted by atomic mass is 15.0. The van der Waals surface area contributed by atoms with E-state index in [-0.39, 0.29) is 0 Å². The fourth-order valence-electron chi connectivity index (χ4n) is 1.68. The molecule has 0 unspecified atom stereocenters. The number of nitrogens with two attached hydrogens (primary N) is 1. The summed E-state index contributed by atoms with van der Waals surface area (Å²) in [6, 6.07) is 0. The van der Waals surface area contributed by atoms with E-state index in [1.54, 1.807) is 0 Å². The molecule has 3 nitrogen and oxygen atoms in total. The van der Waals surface area contributed by atoms with Crippen LogP contribution < -0.4 is 5.73 Å². The van der Waals surface area contributed by atoms with Crippen molar-refractivity contribution >= 4 is 5.82 Å². The average molecular weight is 203 g/mol. The molecule has 1 heterocycles. The third kappa shape index (κ3) is 2.17. The van der Waals surface area contributed by atoms with Crippen LogP contribution in [0.5, 0.6) is 0 Å². The van der Waals surface area contributed by atoms with Gasteiger partial charge in [-0.2, -0.15) is 0 Å². The van der Waals surface area contributed by atoms with Crippen LogP contribution in [0.15, 0.2) is 12.2 Å². The number of anilines is 1. The Labute approximate surface area is 90.4 Å². The molecule has 0 spiro atoms. The standard InChI is InChI=1S/C12H17N3/c1-7(2)6-10-8(3)14-12(9-4-5-9)15-11(10)13/h9H,1,4-6H2,2-3H3,(H2,13,14,15). The third-order valence-corrected chi connectivity index (χ3v) is 2.68. The smallest absolute Gasteiger partial charge is 0.134 e. The molecule has 1 aromatic heterocycles. The second-order valence-corrected chi connectivity index (χ2v) is 4.44. The molecule has 2 N–H and O–H groups in total. The zero-order valence-corrected chi connectivity index (χ0v) is 9.38. The van der Waals surface area contributed by atoms with E-state index in [9.17, 15) is 0 Å². The largest absolute Gasteiger partial charge is 0.383 e. The lowest BCUT2D eigenvalue weighted by atomic mass is 10.1. The first kappa shape index (κ1) is 10.1. The van der Waals surface area contributed by atoms with Crippen LogP contribution in [0.4, 0.5) is 5.82 Å². The Morgan fingerprint density at radius 3 is 2.60 bits per heavy atom. The number of rotatable bonds is 3. The van der Waals surface area contributed by atoms with E-state index in [1.165, 1.54) is 12.8 Å².